The van der Waals surface area contributed by atoms with E-state index in [1.165, 1.54) is 6.07 Å². The quantitative estimate of drug-likeness (QED) is 0.323. The first-order valence-corrected chi connectivity index (χ1v) is 8.09. The fourth-order valence-electron chi connectivity index (χ4n) is 2.37. The Hall–Kier alpha value is -3.17. The van der Waals surface area contributed by atoms with Crippen LogP contribution in [0, 0.1) is 21.4 Å². The van der Waals surface area contributed by atoms with Crippen LogP contribution in [-0.4, -0.2) is 4.92 Å². The molecule has 0 fully saturated rings. The standard InChI is InChI=1S/C19H11BrN2O3/c20-15-7-5-13(6-8-15)14(12-21)11-16-9-10-19(25-16)17-3-1-2-4-18(17)22(23)24/h1-11H. The molecule has 2 aromatic carbocycles. The number of furan rings is 1. The average Bonchev–Trinajstić information content (AvgIpc) is 3.09. The van der Waals surface area contributed by atoms with Crippen molar-refractivity contribution in [2.45, 2.75) is 0 Å². The molecule has 0 saturated carbocycles. The maximum Gasteiger partial charge on any atom is 0.280 e. The lowest BCUT2D eigenvalue weighted by molar-refractivity contribution is -0.384. The SMILES string of the molecule is N#CC(=Cc1ccc(-c2ccccc2[N+](=O)[O-])o1)c1ccc(Br)cc1. The molecule has 0 aliphatic carbocycles. The van der Waals surface area contributed by atoms with Crippen molar-refractivity contribution in [3.63, 3.8) is 0 Å². The first-order valence-electron chi connectivity index (χ1n) is 7.30. The Morgan fingerprint density at radius 3 is 2.52 bits per heavy atom. The highest BCUT2D eigenvalue weighted by atomic mass is 79.9. The minimum Gasteiger partial charge on any atom is -0.456 e. The van der Waals surface area contributed by atoms with Crippen molar-refractivity contribution in [1.82, 2.24) is 0 Å². The summed E-state index contributed by atoms with van der Waals surface area (Å²) in [7, 11) is 0. The maximum atomic E-state index is 11.1. The average molecular weight is 395 g/mol. The van der Waals surface area contributed by atoms with Gasteiger partial charge in [-0.3, -0.25) is 10.1 Å². The highest BCUT2D eigenvalue weighted by molar-refractivity contribution is 9.10. The molecule has 122 valence electrons. The maximum absolute atomic E-state index is 11.1. The number of rotatable bonds is 4. The summed E-state index contributed by atoms with van der Waals surface area (Å²) in [4.78, 5) is 10.7. The van der Waals surface area contributed by atoms with Crippen LogP contribution in [0.3, 0.4) is 0 Å². The minimum absolute atomic E-state index is 0.0270. The van der Waals surface area contributed by atoms with E-state index in [2.05, 4.69) is 22.0 Å². The van der Waals surface area contributed by atoms with E-state index < -0.39 is 4.92 Å². The Kier molecular flexibility index (Phi) is 4.78. The van der Waals surface area contributed by atoms with E-state index in [1.807, 2.05) is 24.3 Å². The van der Waals surface area contributed by atoms with Gasteiger partial charge in [0.1, 0.15) is 11.5 Å². The molecular weight excluding hydrogens is 384 g/mol. The second-order valence-corrected chi connectivity index (χ2v) is 6.07. The Labute approximate surface area is 152 Å². The van der Waals surface area contributed by atoms with Crippen LogP contribution >= 0.6 is 15.9 Å². The molecule has 5 nitrogen and oxygen atoms in total. The lowest BCUT2D eigenvalue weighted by Crippen LogP contribution is -1.90. The van der Waals surface area contributed by atoms with Gasteiger partial charge in [-0.05, 0) is 42.0 Å². The van der Waals surface area contributed by atoms with E-state index in [4.69, 9.17) is 4.42 Å². The molecule has 1 aromatic heterocycles. The fourth-order valence-corrected chi connectivity index (χ4v) is 2.63. The molecule has 0 aliphatic rings. The van der Waals surface area contributed by atoms with Crippen LogP contribution in [0.1, 0.15) is 11.3 Å². The lowest BCUT2D eigenvalue weighted by Gasteiger charge is -2.00. The van der Waals surface area contributed by atoms with Crippen molar-refractivity contribution in [1.29, 1.82) is 5.26 Å². The number of nitro benzene ring substituents is 1. The van der Waals surface area contributed by atoms with Crippen LogP contribution in [0.25, 0.3) is 23.0 Å². The number of nitro groups is 1. The zero-order valence-corrected chi connectivity index (χ0v) is 14.4. The van der Waals surface area contributed by atoms with Gasteiger partial charge in [0.25, 0.3) is 5.69 Å². The molecule has 3 rings (SSSR count). The number of hydrogen-bond acceptors (Lipinski definition) is 4. The second kappa shape index (κ2) is 7.16. The van der Waals surface area contributed by atoms with Gasteiger partial charge in [0, 0.05) is 10.5 Å². The third kappa shape index (κ3) is 3.67. The van der Waals surface area contributed by atoms with Crippen LogP contribution in [-0.2, 0) is 0 Å². The van der Waals surface area contributed by atoms with Crippen molar-refractivity contribution in [2.24, 2.45) is 0 Å². The summed E-state index contributed by atoms with van der Waals surface area (Å²) in [5, 5.41) is 20.5. The van der Waals surface area contributed by atoms with Crippen LogP contribution in [0.2, 0.25) is 0 Å². The van der Waals surface area contributed by atoms with Crippen LogP contribution < -0.4 is 0 Å². The molecule has 0 bridgehead atoms. The summed E-state index contributed by atoms with van der Waals surface area (Å²) < 4.78 is 6.62. The Morgan fingerprint density at radius 2 is 1.84 bits per heavy atom. The summed E-state index contributed by atoms with van der Waals surface area (Å²) in [5.41, 5.74) is 1.57. The smallest absolute Gasteiger partial charge is 0.280 e. The molecule has 0 unspecified atom stereocenters. The van der Waals surface area contributed by atoms with E-state index in [0.29, 0.717) is 22.7 Å². The number of halogens is 1. The number of allylic oxidation sites excluding steroid dienone is 1. The summed E-state index contributed by atoms with van der Waals surface area (Å²) in [5.74, 6) is 0.833. The Balaban J connectivity index is 1.98. The first-order chi connectivity index (χ1) is 12.1. The minimum atomic E-state index is -0.449. The number of hydrogen-bond donors (Lipinski definition) is 0. The molecular formula is C19H11BrN2O3. The van der Waals surface area contributed by atoms with E-state index in [9.17, 15) is 15.4 Å². The predicted octanol–water partition coefficient (Wildman–Crippen LogP) is 5.68. The highest BCUT2D eigenvalue weighted by Crippen LogP contribution is 2.31. The van der Waals surface area contributed by atoms with Gasteiger partial charge in [-0.15, -0.1) is 0 Å². The molecule has 0 aliphatic heterocycles. The molecule has 0 spiro atoms. The van der Waals surface area contributed by atoms with Crippen molar-refractivity contribution in [3.8, 4) is 17.4 Å². The number of nitrogens with zero attached hydrogens (tertiary/aromatic N) is 2. The highest BCUT2D eigenvalue weighted by Gasteiger charge is 2.17. The monoisotopic (exact) mass is 394 g/mol. The Bertz CT molecular complexity index is 998. The molecule has 25 heavy (non-hydrogen) atoms. The molecule has 0 radical (unpaired) electrons. The Morgan fingerprint density at radius 1 is 1.12 bits per heavy atom. The van der Waals surface area contributed by atoms with Crippen LogP contribution in [0.4, 0.5) is 5.69 Å². The summed E-state index contributed by atoms with van der Waals surface area (Å²) in [6, 6.07) is 19.2. The first kappa shape index (κ1) is 16.7. The van der Waals surface area contributed by atoms with Crippen molar-refractivity contribution < 1.29 is 9.34 Å². The third-order valence-corrected chi connectivity index (χ3v) is 4.08. The van der Waals surface area contributed by atoms with Crippen molar-refractivity contribution in [3.05, 3.63) is 86.6 Å². The molecule has 0 amide bonds. The van der Waals surface area contributed by atoms with E-state index in [1.54, 1.807) is 36.4 Å². The van der Waals surface area contributed by atoms with E-state index >= 15 is 0 Å². The van der Waals surface area contributed by atoms with E-state index in [0.717, 1.165) is 10.0 Å². The zero-order valence-electron chi connectivity index (χ0n) is 12.8. The normalized spacial score (nSPS) is 11.1. The number of benzene rings is 2. The summed E-state index contributed by atoms with van der Waals surface area (Å²) in [6.07, 6.45) is 1.61. The van der Waals surface area contributed by atoms with Gasteiger partial charge >= 0.3 is 0 Å². The zero-order chi connectivity index (χ0) is 17.8. The van der Waals surface area contributed by atoms with Gasteiger partial charge in [0.05, 0.1) is 22.1 Å². The lowest BCUT2D eigenvalue weighted by atomic mass is 10.1. The third-order valence-electron chi connectivity index (χ3n) is 3.56. The van der Waals surface area contributed by atoms with Crippen LogP contribution in [0.5, 0.6) is 0 Å². The second-order valence-electron chi connectivity index (χ2n) is 5.15. The molecule has 1 heterocycles. The van der Waals surface area contributed by atoms with Gasteiger partial charge in [-0.25, -0.2) is 0 Å². The van der Waals surface area contributed by atoms with Gasteiger partial charge in [0.15, 0.2) is 0 Å². The number of nitriles is 1. The number of para-hydroxylation sites is 1. The van der Waals surface area contributed by atoms with Crippen molar-refractivity contribution in [2.75, 3.05) is 0 Å². The van der Waals surface area contributed by atoms with Crippen molar-refractivity contribution >= 4 is 33.3 Å². The molecule has 0 atom stereocenters. The topological polar surface area (TPSA) is 80.1 Å². The van der Waals surface area contributed by atoms with E-state index in [-0.39, 0.29) is 5.69 Å². The van der Waals surface area contributed by atoms with Gasteiger partial charge in [-0.1, -0.05) is 40.2 Å². The fraction of sp³-hybridized carbons (Fsp3) is 0. The molecule has 3 aromatic rings. The van der Waals surface area contributed by atoms with Gasteiger partial charge in [0.2, 0.25) is 0 Å². The predicted molar refractivity (Wildman–Crippen MR) is 98.4 cm³/mol. The van der Waals surface area contributed by atoms with Gasteiger partial charge in [-0.2, -0.15) is 5.26 Å². The molecule has 0 saturated heterocycles. The molecule has 6 heteroatoms. The van der Waals surface area contributed by atoms with Crippen LogP contribution in [0.15, 0.2) is 69.6 Å². The molecule has 0 N–H and O–H groups in total. The summed E-state index contributed by atoms with van der Waals surface area (Å²) in [6.45, 7) is 0. The summed E-state index contributed by atoms with van der Waals surface area (Å²) >= 11 is 3.36. The van der Waals surface area contributed by atoms with Gasteiger partial charge < -0.3 is 4.42 Å². The largest absolute Gasteiger partial charge is 0.456 e.